The van der Waals surface area contributed by atoms with Crippen molar-refractivity contribution in [2.75, 3.05) is 13.1 Å². The number of aromatic nitrogens is 7. The van der Waals surface area contributed by atoms with Gasteiger partial charge in [-0.2, -0.15) is 24.5 Å². The minimum atomic E-state index is -3.75. The highest BCUT2D eigenvalue weighted by Crippen LogP contribution is 2.28. The summed E-state index contributed by atoms with van der Waals surface area (Å²) in [5.74, 6) is -0.614. The minimum Gasteiger partial charge on any atom is -0.207 e. The predicted octanol–water partition coefficient (Wildman–Crippen LogP) is 0.623. The molecule has 1 aliphatic heterocycles. The average molecular weight is 378 g/mol. The van der Waals surface area contributed by atoms with Crippen molar-refractivity contribution in [2.45, 2.75) is 23.8 Å². The molecule has 10 nitrogen and oxygen atoms in total. The van der Waals surface area contributed by atoms with E-state index in [4.69, 9.17) is 0 Å². The molecule has 4 rings (SSSR count). The third kappa shape index (κ3) is 2.97. The highest BCUT2D eigenvalue weighted by molar-refractivity contribution is 7.89. The van der Waals surface area contributed by atoms with E-state index in [-0.39, 0.29) is 22.3 Å². The second kappa shape index (κ2) is 6.53. The van der Waals surface area contributed by atoms with Crippen molar-refractivity contribution in [2.24, 2.45) is 0 Å². The van der Waals surface area contributed by atoms with Gasteiger partial charge in [0.1, 0.15) is 5.82 Å². The molecule has 0 unspecified atom stereocenters. The Morgan fingerprint density at radius 3 is 2.54 bits per heavy atom. The van der Waals surface area contributed by atoms with E-state index in [9.17, 15) is 12.8 Å². The Kier molecular flexibility index (Phi) is 4.20. The predicted molar refractivity (Wildman–Crippen MR) is 86.6 cm³/mol. The first kappa shape index (κ1) is 16.7. The molecule has 0 atom stereocenters. The van der Waals surface area contributed by atoms with Crippen LogP contribution in [0.4, 0.5) is 4.39 Å². The number of sulfonamides is 1. The Morgan fingerprint density at radius 1 is 1.15 bits per heavy atom. The third-order valence-electron chi connectivity index (χ3n) is 4.35. The molecule has 0 spiro atoms. The average Bonchev–Trinajstić information content (AvgIpc) is 3.36. The second-order valence-electron chi connectivity index (χ2n) is 5.86. The van der Waals surface area contributed by atoms with E-state index in [1.807, 2.05) is 0 Å². The smallest absolute Gasteiger partial charge is 0.207 e. The van der Waals surface area contributed by atoms with Crippen LogP contribution in [0.25, 0.3) is 11.4 Å². The fourth-order valence-electron chi connectivity index (χ4n) is 2.99. The third-order valence-corrected chi connectivity index (χ3v) is 6.24. The van der Waals surface area contributed by atoms with Crippen molar-refractivity contribution < 1.29 is 12.8 Å². The van der Waals surface area contributed by atoms with Crippen LogP contribution in [0.3, 0.4) is 0 Å². The van der Waals surface area contributed by atoms with Crippen LogP contribution in [0.15, 0.2) is 35.5 Å². The molecule has 1 aromatic carbocycles. The van der Waals surface area contributed by atoms with Crippen molar-refractivity contribution in [3.05, 3.63) is 36.4 Å². The lowest BCUT2D eigenvalue weighted by atomic mass is 10.1. The van der Waals surface area contributed by atoms with Gasteiger partial charge in [-0.05, 0) is 36.3 Å². The summed E-state index contributed by atoms with van der Waals surface area (Å²) in [4.78, 5) is 1.60. The molecule has 136 valence electrons. The molecule has 3 aromatic rings. The number of piperidine rings is 1. The zero-order valence-corrected chi connectivity index (χ0v) is 14.3. The summed E-state index contributed by atoms with van der Waals surface area (Å²) < 4.78 is 41.2. The first-order chi connectivity index (χ1) is 12.6. The van der Waals surface area contributed by atoms with Gasteiger partial charge in [0.25, 0.3) is 0 Å². The van der Waals surface area contributed by atoms with Crippen LogP contribution < -0.4 is 0 Å². The SMILES string of the molecule is O=S(=O)(c1ccc(F)c(-c2nn[nH]n2)c1)N1CCC(n2nccn2)CC1. The van der Waals surface area contributed by atoms with Crippen LogP contribution in [0, 0.1) is 5.82 Å². The van der Waals surface area contributed by atoms with Crippen LogP contribution in [0.1, 0.15) is 18.9 Å². The van der Waals surface area contributed by atoms with Gasteiger partial charge < -0.3 is 0 Å². The largest absolute Gasteiger partial charge is 0.243 e. The van der Waals surface area contributed by atoms with Crippen molar-refractivity contribution >= 4 is 10.0 Å². The van der Waals surface area contributed by atoms with E-state index in [1.165, 1.54) is 16.4 Å². The van der Waals surface area contributed by atoms with E-state index in [0.29, 0.717) is 25.9 Å². The van der Waals surface area contributed by atoms with Gasteiger partial charge in [-0.15, -0.1) is 10.2 Å². The molecule has 0 bridgehead atoms. The quantitative estimate of drug-likeness (QED) is 0.706. The van der Waals surface area contributed by atoms with E-state index in [1.54, 1.807) is 17.2 Å². The highest BCUT2D eigenvalue weighted by Gasteiger charge is 2.31. The Labute approximate surface area is 148 Å². The Hall–Kier alpha value is -2.73. The van der Waals surface area contributed by atoms with Crippen molar-refractivity contribution in [3.8, 4) is 11.4 Å². The van der Waals surface area contributed by atoms with Crippen LogP contribution in [0.5, 0.6) is 0 Å². The number of halogens is 1. The first-order valence-corrected chi connectivity index (χ1v) is 9.39. The molecular formula is C14H15FN8O2S. The van der Waals surface area contributed by atoms with Gasteiger partial charge in [0.15, 0.2) is 0 Å². The minimum absolute atomic E-state index is 0.00279. The Morgan fingerprint density at radius 2 is 1.88 bits per heavy atom. The molecule has 26 heavy (non-hydrogen) atoms. The fraction of sp³-hybridized carbons (Fsp3) is 0.357. The Bertz CT molecular complexity index is 982. The monoisotopic (exact) mass is 378 g/mol. The number of tetrazole rings is 1. The lowest BCUT2D eigenvalue weighted by molar-refractivity contribution is 0.245. The molecule has 3 heterocycles. The van der Waals surface area contributed by atoms with Gasteiger partial charge in [0.05, 0.1) is 28.9 Å². The summed E-state index contributed by atoms with van der Waals surface area (Å²) >= 11 is 0. The molecule has 0 radical (unpaired) electrons. The molecule has 2 aromatic heterocycles. The number of benzene rings is 1. The lowest BCUT2D eigenvalue weighted by Crippen LogP contribution is -2.39. The van der Waals surface area contributed by atoms with E-state index in [0.717, 1.165) is 6.07 Å². The number of hydrogen-bond acceptors (Lipinski definition) is 7. The molecule has 12 heteroatoms. The number of nitrogens with one attached hydrogen (secondary N) is 1. The maximum Gasteiger partial charge on any atom is 0.243 e. The summed E-state index contributed by atoms with van der Waals surface area (Å²) in [6, 6.07) is 3.64. The normalized spacial score (nSPS) is 16.8. The van der Waals surface area contributed by atoms with Gasteiger partial charge in [0.2, 0.25) is 15.8 Å². The number of hydrogen-bond donors (Lipinski definition) is 1. The van der Waals surface area contributed by atoms with Gasteiger partial charge >= 0.3 is 0 Å². The number of aromatic amines is 1. The van der Waals surface area contributed by atoms with E-state index < -0.39 is 15.8 Å². The molecule has 1 saturated heterocycles. The summed E-state index contributed by atoms with van der Waals surface area (Å²) in [5.41, 5.74) is -0.0181. The van der Waals surface area contributed by atoms with E-state index >= 15 is 0 Å². The molecular weight excluding hydrogens is 363 g/mol. The maximum atomic E-state index is 14.0. The van der Waals surface area contributed by atoms with Crippen LogP contribution in [-0.4, -0.2) is 61.4 Å². The van der Waals surface area contributed by atoms with Gasteiger partial charge in [-0.1, -0.05) is 0 Å². The second-order valence-corrected chi connectivity index (χ2v) is 7.80. The number of H-pyrrole nitrogens is 1. The summed E-state index contributed by atoms with van der Waals surface area (Å²) in [7, 11) is -3.75. The van der Waals surface area contributed by atoms with Crippen LogP contribution in [-0.2, 0) is 10.0 Å². The molecule has 1 fully saturated rings. The zero-order valence-electron chi connectivity index (χ0n) is 13.5. The number of rotatable bonds is 4. The van der Waals surface area contributed by atoms with Crippen LogP contribution in [0.2, 0.25) is 0 Å². The lowest BCUT2D eigenvalue weighted by Gasteiger charge is -2.30. The molecule has 1 aliphatic rings. The highest BCUT2D eigenvalue weighted by atomic mass is 32.2. The number of nitrogens with zero attached hydrogens (tertiary/aromatic N) is 7. The van der Waals surface area contributed by atoms with Crippen molar-refractivity contribution in [1.29, 1.82) is 0 Å². The van der Waals surface area contributed by atoms with Gasteiger partial charge in [-0.25, -0.2) is 12.8 Å². The first-order valence-electron chi connectivity index (χ1n) is 7.95. The molecule has 0 amide bonds. The van der Waals surface area contributed by atoms with Crippen molar-refractivity contribution in [3.63, 3.8) is 0 Å². The van der Waals surface area contributed by atoms with Gasteiger partial charge in [-0.3, -0.25) is 0 Å². The summed E-state index contributed by atoms with van der Waals surface area (Å²) in [6.45, 7) is 0.674. The topological polar surface area (TPSA) is 123 Å². The van der Waals surface area contributed by atoms with Crippen LogP contribution >= 0.6 is 0 Å². The standard InChI is InChI=1S/C14H15FN8O2S/c15-13-2-1-11(9-12(13)14-18-20-21-19-14)26(24,25)22-7-3-10(4-8-22)23-16-5-6-17-23/h1-2,5-6,9-10H,3-4,7-8H2,(H,18,19,20,21). The fourth-order valence-corrected chi connectivity index (χ4v) is 4.49. The Balaban J connectivity index is 1.57. The zero-order chi connectivity index (χ0) is 18.1. The summed E-state index contributed by atoms with van der Waals surface area (Å²) in [5, 5.41) is 21.2. The maximum absolute atomic E-state index is 14.0. The molecule has 0 aliphatic carbocycles. The molecule has 1 N–H and O–H groups in total. The molecule has 0 saturated carbocycles. The summed E-state index contributed by atoms with van der Waals surface area (Å²) in [6.07, 6.45) is 4.40. The van der Waals surface area contributed by atoms with Crippen molar-refractivity contribution in [1.82, 2.24) is 39.9 Å². The van der Waals surface area contributed by atoms with Gasteiger partial charge in [0, 0.05) is 13.1 Å². The van der Waals surface area contributed by atoms with E-state index in [2.05, 4.69) is 30.8 Å².